The van der Waals surface area contributed by atoms with Crippen molar-refractivity contribution in [1.82, 2.24) is 5.32 Å². The molecule has 1 fully saturated rings. The standard InChI is InChI=1S/C27H31NO4/c29-12-3-4-13-31-26-16-20(15-25(32-26)27(30)28-17-18-10-11-18)22-8-5-9-23-21-7-2-1-6-19(21)14-24(22)23/h1-2,5-9,15,18,20,26,29H,3-4,10-14,16-17H2,(H,28,30). The number of carbonyl (C=O) groups excluding carboxylic acids is 1. The van der Waals surface area contributed by atoms with E-state index in [9.17, 15) is 4.79 Å². The van der Waals surface area contributed by atoms with Gasteiger partial charge in [-0.25, -0.2) is 0 Å². The third kappa shape index (κ3) is 4.59. The van der Waals surface area contributed by atoms with E-state index in [0.717, 1.165) is 12.8 Å². The number of benzene rings is 2. The number of aliphatic hydroxyl groups is 1. The van der Waals surface area contributed by atoms with E-state index in [1.54, 1.807) is 0 Å². The highest BCUT2D eigenvalue weighted by molar-refractivity contribution is 5.91. The average Bonchev–Trinajstić information content (AvgIpc) is 3.58. The summed E-state index contributed by atoms with van der Waals surface area (Å²) in [6, 6.07) is 15.1. The first-order valence-electron chi connectivity index (χ1n) is 11.8. The van der Waals surface area contributed by atoms with Gasteiger partial charge in [-0.1, -0.05) is 42.5 Å². The Bertz CT molecular complexity index is 1010. The summed E-state index contributed by atoms with van der Waals surface area (Å²) < 4.78 is 12.0. The molecule has 2 aliphatic carbocycles. The van der Waals surface area contributed by atoms with Crippen molar-refractivity contribution >= 4 is 5.91 Å². The molecule has 2 unspecified atom stereocenters. The Morgan fingerprint density at radius 2 is 1.94 bits per heavy atom. The molecule has 0 bridgehead atoms. The predicted molar refractivity (Wildman–Crippen MR) is 123 cm³/mol. The molecule has 0 saturated heterocycles. The average molecular weight is 434 g/mol. The Kier molecular flexibility index (Phi) is 6.28. The molecule has 1 aliphatic heterocycles. The lowest BCUT2D eigenvalue weighted by Gasteiger charge is -2.30. The molecule has 0 radical (unpaired) electrons. The van der Waals surface area contributed by atoms with Crippen LogP contribution in [0.15, 0.2) is 54.3 Å². The summed E-state index contributed by atoms with van der Waals surface area (Å²) in [6.45, 7) is 1.37. The van der Waals surface area contributed by atoms with Crippen molar-refractivity contribution < 1.29 is 19.4 Å². The van der Waals surface area contributed by atoms with Crippen LogP contribution in [-0.2, 0) is 20.7 Å². The topological polar surface area (TPSA) is 67.8 Å². The molecule has 2 N–H and O–H groups in total. The number of hydrogen-bond donors (Lipinski definition) is 2. The molecule has 32 heavy (non-hydrogen) atoms. The summed E-state index contributed by atoms with van der Waals surface area (Å²) in [5, 5.41) is 12.1. The summed E-state index contributed by atoms with van der Waals surface area (Å²) >= 11 is 0. The van der Waals surface area contributed by atoms with E-state index < -0.39 is 6.29 Å². The molecule has 0 spiro atoms. The number of hydrogen-bond acceptors (Lipinski definition) is 4. The van der Waals surface area contributed by atoms with Gasteiger partial charge in [-0.05, 0) is 71.9 Å². The molecule has 2 atom stereocenters. The molecule has 168 valence electrons. The van der Waals surface area contributed by atoms with Crippen LogP contribution >= 0.6 is 0 Å². The van der Waals surface area contributed by atoms with Crippen molar-refractivity contribution in [3.63, 3.8) is 0 Å². The van der Waals surface area contributed by atoms with Crippen LogP contribution in [0, 0.1) is 5.92 Å². The van der Waals surface area contributed by atoms with Gasteiger partial charge in [-0.3, -0.25) is 4.79 Å². The fraction of sp³-hybridized carbons (Fsp3) is 0.444. The first-order chi connectivity index (χ1) is 15.7. The van der Waals surface area contributed by atoms with E-state index in [2.05, 4.69) is 47.8 Å². The minimum atomic E-state index is -0.468. The summed E-state index contributed by atoms with van der Waals surface area (Å²) in [5.74, 6) is 0.876. The lowest BCUT2D eigenvalue weighted by Crippen LogP contribution is -2.34. The van der Waals surface area contributed by atoms with Gasteiger partial charge in [-0.2, -0.15) is 0 Å². The number of aliphatic hydroxyl groups excluding tert-OH is 1. The van der Waals surface area contributed by atoms with E-state index >= 15 is 0 Å². The Morgan fingerprint density at radius 1 is 1.09 bits per heavy atom. The lowest BCUT2D eigenvalue weighted by molar-refractivity contribution is -0.146. The molecule has 3 aliphatic rings. The van der Waals surface area contributed by atoms with Crippen LogP contribution in [-0.4, -0.2) is 37.1 Å². The molecule has 2 aromatic rings. The van der Waals surface area contributed by atoms with E-state index in [-0.39, 0.29) is 18.4 Å². The van der Waals surface area contributed by atoms with Crippen LogP contribution < -0.4 is 5.32 Å². The number of nitrogens with one attached hydrogen (secondary N) is 1. The summed E-state index contributed by atoms with van der Waals surface area (Å²) in [7, 11) is 0. The van der Waals surface area contributed by atoms with Crippen LogP contribution in [0.25, 0.3) is 11.1 Å². The normalized spacial score (nSPS) is 21.3. The van der Waals surface area contributed by atoms with Gasteiger partial charge in [0.15, 0.2) is 5.76 Å². The van der Waals surface area contributed by atoms with Gasteiger partial charge in [0, 0.05) is 25.5 Å². The van der Waals surface area contributed by atoms with Crippen molar-refractivity contribution in [2.75, 3.05) is 19.8 Å². The van der Waals surface area contributed by atoms with Crippen molar-refractivity contribution in [2.24, 2.45) is 5.92 Å². The predicted octanol–water partition coefficient (Wildman–Crippen LogP) is 4.29. The largest absolute Gasteiger partial charge is 0.459 e. The zero-order valence-corrected chi connectivity index (χ0v) is 18.4. The van der Waals surface area contributed by atoms with E-state index in [4.69, 9.17) is 14.6 Å². The maximum absolute atomic E-state index is 12.8. The summed E-state index contributed by atoms with van der Waals surface area (Å²) in [4.78, 5) is 12.8. The molecule has 5 heteroatoms. The lowest BCUT2D eigenvalue weighted by atomic mass is 9.87. The van der Waals surface area contributed by atoms with E-state index in [1.165, 1.54) is 40.7 Å². The van der Waals surface area contributed by atoms with Crippen molar-refractivity contribution in [1.29, 1.82) is 0 Å². The van der Waals surface area contributed by atoms with Gasteiger partial charge >= 0.3 is 0 Å². The fourth-order valence-electron chi connectivity index (χ4n) is 4.74. The van der Waals surface area contributed by atoms with Crippen molar-refractivity contribution in [3.05, 3.63) is 71.0 Å². The Morgan fingerprint density at radius 3 is 2.78 bits per heavy atom. The number of amides is 1. The van der Waals surface area contributed by atoms with Gasteiger partial charge in [0.25, 0.3) is 5.91 Å². The highest BCUT2D eigenvalue weighted by Crippen LogP contribution is 2.42. The second-order valence-corrected chi connectivity index (χ2v) is 9.08. The van der Waals surface area contributed by atoms with Crippen molar-refractivity contribution in [2.45, 2.75) is 50.7 Å². The number of unbranched alkanes of at least 4 members (excludes halogenated alkanes) is 1. The second-order valence-electron chi connectivity index (χ2n) is 9.08. The van der Waals surface area contributed by atoms with Gasteiger partial charge in [0.05, 0.1) is 6.61 Å². The monoisotopic (exact) mass is 433 g/mol. The van der Waals surface area contributed by atoms with Crippen LogP contribution in [0.2, 0.25) is 0 Å². The van der Waals surface area contributed by atoms with Gasteiger partial charge < -0.3 is 19.9 Å². The number of allylic oxidation sites excluding steroid dienone is 1. The molecule has 2 aromatic carbocycles. The first-order valence-corrected chi connectivity index (χ1v) is 11.8. The Labute approximate surface area is 189 Å². The van der Waals surface area contributed by atoms with Crippen LogP contribution in [0.4, 0.5) is 0 Å². The molecule has 0 aromatic heterocycles. The third-order valence-electron chi connectivity index (χ3n) is 6.67. The Hall–Kier alpha value is -2.63. The minimum Gasteiger partial charge on any atom is -0.459 e. The fourth-order valence-corrected chi connectivity index (χ4v) is 4.74. The molecular formula is C27H31NO4. The van der Waals surface area contributed by atoms with Crippen molar-refractivity contribution in [3.8, 4) is 11.1 Å². The zero-order valence-electron chi connectivity index (χ0n) is 18.4. The number of carbonyl (C=O) groups is 1. The van der Waals surface area contributed by atoms with E-state index in [0.29, 0.717) is 37.7 Å². The third-order valence-corrected chi connectivity index (χ3v) is 6.67. The first kappa shape index (κ1) is 21.2. The smallest absolute Gasteiger partial charge is 0.286 e. The molecule has 5 nitrogen and oxygen atoms in total. The molecular weight excluding hydrogens is 402 g/mol. The maximum Gasteiger partial charge on any atom is 0.286 e. The Balaban J connectivity index is 1.39. The second kappa shape index (κ2) is 9.47. The molecule has 1 saturated carbocycles. The quantitative estimate of drug-likeness (QED) is 0.494. The highest BCUT2D eigenvalue weighted by atomic mass is 16.7. The van der Waals surface area contributed by atoms with E-state index in [1.807, 2.05) is 6.08 Å². The maximum atomic E-state index is 12.8. The molecule has 5 rings (SSSR count). The van der Waals surface area contributed by atoms with Crippen LogP contribution in [0.1, 0.15) is 54.7 Å². The zero-order chi connectivity index (χ0) is 21.9. The van der Waals surface area contributed by atoms with Gasteiger partial charge in [0.2, 0.25) is 6.29 Å². The SMILES string of the molecule is O=C(NCC1CC1)C1=CC(c2cccc3c2Cc2ccccc2-3)CC(OCCCCO)O1. The van der Waals surface area contributed by atoms with Crippen LogP contribution in [0.5, 0.6) is 0 Å². The molecule has 1 heterocycles. The summed E-state index contributed by atoms with van der Waals surface area (Å²) in [6.07, 6.45) is 6.95. The number of ether oxygens (including phenoxy) is 2. The van der Waals surface area contributed by atoms with Crippen LogP contribution in [0.3, 0.4) is 0 Å². The number of fused-ring (bicyclic) bond motifs is 3. The van der Waals surface area contributed by atoms with Gasteiger partial charge in [0.1, 0.15) is 0 Å². The molecule has 1 amide bonds. The minimum absolute atomic E-state index is 0.0533. The number of rotatable bonds is 9. The summed E-state index contributed by atoms with van der Waals surface area (Å²) in [5.41, 5.74) is 6.54. The highest BCUT2D eigenvalue weighted by Gasteiger charge is 2.32. The van der Waals surface area contributed by atoms with Gasteiger partial charge in [-0.15, -0.1) is 0 Å².